The second kappa shape index (κ2) is 30.9. The zero-order valence-electron chi connectivity index (χ0n) is 34.2. The first kappa shape index (κ1) is 49.3. The molecule has 6 atom stereocenters. The van der Waals surface area contributed by atoms with Crippen molar-refractivity contribution >= 4 is 30.2 Å². The van der Waals surface area contributed by atoms with Gasteiger partial charge in [-0.3, -0.25) is 23.6 Å². The third-order valence-corrected chi connectivity index (χ3v) is 10.8. The van der Waals surface area contributed by atoms with Gasteiger partial charge in [0.05, 0.1) is 13.0 Å². The second-order valence-corrected chi connectivity index (χ2v) is 15.6. The van der Waals surface area contributed by atoms with Gasteiger partial charge in [0.2, 0.25) is 5.91 Å². The molecule has 1 saturated heterocycles. The van der Waals surface area contributed by atoms with E-state index in [1.54, 1.807) is 0 Å². The average molecular weight is 833 g/mol. The van der Waals surface area contributed by atoms with Gasteiger partial charge in [0, 0.05) is 12.8 Å². The highest BCUT2D eigenvalue weighted by atomic mass is 32.2. The largest absolute Gasteiger partial charge is 0.691 e. The van der Waals surface area contributed by atoms with Gasteiger partial charge < -0.3 is 35.0 Å². The molecule has 1 aliphatic heterocycles. The Morgan fingerprint density at radius 3 is 1.97 bits per heavy atom. The van der Waals surface area contributed by atoms with E-state index in [4.69, 9.17) is 18.4 Å². The number of aryl methyl sites for hydroxylation is 2. The van der Waals surface area contributed by atoms with Crippen molar-refractivity contribution < 1.29 is 57.6 Å². The summed E-state index contributed by atoms with van der Waals surface area (Å²) >= 11 is 0.132. The highest BCUT2D eigenvalue weighted by Gasteiger charge is 2.49. The fraction of sp³-hybridized carbons (Fsp3) is 0.659. The van der Waals surface area contributed by atoms with Gasteiger partial charge >= 0.3 is 11.9 Å². The second-order valence-electron chi connectivity index (χ2n) is 15.1. The van der Waals surface area contributed by atoms with Crippen molar-refractivity contribution in [2.24, 2.45) is 0 Å². The molecule has 3 rings (SSSR count). The van der Waals surface area contributed by atoms with E-state index in [0.29, 0.717) is 19.3 Å². The molecule has 13 nitrogen and oxygen atoms in total. The summed E-state index contributed by atoms with van der Waals surface area (Å²) in [6, 6.07) is 18.6. The number of hydrogen-bond donors (Lipinski definition) is 3. The summed E-state index contributed by atoms with van der Waals surface area (Å²) in [7, 11) is 0. The summed E-state index contributed by atoms with van der Waals surface area (Å²) in [6.45, 7) is 1.54. The number of aliphatic hydroxyl groups excluding tert-OH is 2. The number of nitrogens with one attached hydrogen (secondary N) is 1. The van der Waals surface area contributed by atoms with E-state index in [9.17, 15) is 29.9 Å². The molecular weight excluding hydrogens is 767 g/mol. The van der Waals surface area contributed by atoms with E-state index in [1.165, 1.54) is 37.7 Å². The lowest BCUT2D eigenvalue weighted by molar-refractivity contribution is -0.777. The summed E-state index contributed by atoms with van der Waals surface area (Å²) in [4.78, 5) is 39.8. The van der Waals surface area contributed by atoms with Crippen LogP contribution in [0, 0.1) is 0 Å². The Labute approximate surface area is 349 Å². The van der Waals surface area contributed by atoms with Gasteiger partial charge in [-0.1, -0.05) is 145 Å². The van der Waals surface area contributed by atoms with Gasteiger partial charge in [0.15, 0.2) is 24.7 Å². The number of hydrogen-bond acceptors (Lipinski definition) is 13. The molecule has 1 unspecified atom stereocenters. The van der Waals surface area contributed by atoms with E-state index in [2.05, 4.69) is 33.7 Å². The number of aliphatic hydroxyl groups is 2. The zero-order chi connectivity index (χ0) is 41.6. The van der Waals surface area contributed by atoms with Gasteiger partial charge in [-0.25, -0.2) is 0 Å². The third kappa shape index (κ3) is 20.7. The lowest BCUT2D eigenvalue weighted by Gasteiger charge is -2.43. The van der Waals surface area contributed by atoms with E-state index < -0.39 is 61.2 Å². The van der Waals surface area contributed by atoms with Gasteiger partial charge in [0.25, 0.3) is 0 Å². The number of carbonyl (C=O) groups excluding carboxylic acids is 3. The Hall–Kier alpha value is -3.08. The van der Waals surface area contributed by atoms with E-state index in [1.807, 2.05) is 48.5 Å². The summed E-state index contributed by atoms with van der Waals surface area (Å²) < 4.78 is 27.0. The van der Waals surface area contributed by atoms with Crippen LogP contribution in [-0.2, 0) is 55.0 Å². The van der Waals surface area contributed by atoms with Crippen LogP contribution in [0.4, 0.5) is 0 Å². The van der Waals surface area contributed by atoms with Crippen molar-refractivity contribution in [3.8, 4) is 0 Å². The highest BCUT2D eigenvalue weighted by Crippen LogP contribution is 2.29. The van der Waals surface area contributed by atoms with Crippen LogP contribution in [-0.4, -0.2) is 71.4 Å². The van der Waals surface area contributed by atoms with Crippen LogP contribution < -0.4 is 10.6 Å². The van der Waals surface area contributed by atoms with Gasteiger partial charge in [0.1, 0.15) is 24.4 Å². The maximum absolute atomic E-state index is 13.6. The minimum absolute atomic E-state index is 0.0711. The molecule has 0 aliphatic carbocycles. The standard InChI is InChI=1S/C44H67NO12S/c1-2-3-4-5-6-7-8-12-21-28-36(52-40(49)31-30-35-26-19-15-20-27-35)32-38(47)45-41-43(42(55-58-57-56-51)37(33-46)53-44(41)50)54-39(48)29-22-13-10-9-11-16-23-34-24-17-14-18-25-34/h14-15,17-20,24-27,36-37,41-44,46,50-51H,2-13,16,21-23,28-33H2,1H3,(H,45,47)/p-1/t36-,37+,41+,42+,43+,44?/m0/s1. The molecule has 0 saturated carbocycles. The van der Waals surface area contributed by atoms with Gasteiger partial charge in [-0.05, 0) is 49.7 Å². The summed E-state index contributed by atoms with van der Waals surface area (Å²) in [6.07, 6.45) is 11.2. The summed E-state index contributed by atoms with van der Waals surface area (Å²) in [5.41, 5.74) is 2.32. The monoisotopic (exact) mass is 832 g/mol. The van der Waals surface area contributed by atoms with Gasteiger partial charge in [-0.15, -0.1) is 4.33 Å². The molecule has 1 aliphatic rings. The van der Waals surface area contributed by atoms with Crippen LogP contribution >= 0.6 is 12.3 Å². The molecule has 0 radical (unpaired) electrons. The van der Waals surface area contributed by atoms with Crippen molar-refractivity contribution in [2.45, 2.75) is 179 Å². The third-order valence-electron chi connectivity index (χ3n) is 10.4. The SMILES string of the molecule is CCCCCCCCCCC[C@@H](CC(=O)N[C@H]1C(O)O[C@H](CO)[C@@H](OSOO[O-])[C@@H]1OC(=O)CCCCCCCCc1ccccc1)OC(=O)CCc1ccccc1. The van der Waals surface area contributed by atoms with E-state index >= 15 is 0 Å². The number of amides is 1. The van der Waals surface area contributed by atoms with Crippen molar-refractivity contribution in [1.82, 2.24) is 5.32 Å². The number of rotatable bonds is 32. The first-order valence-electron chi connectivity index (χ1n) is 21.3. The molecular formula is C44H66NO12S-. The van der Waals surface area contributed by atoms with Crippen LogP contribution in [0.1, 0.15) is 140 Å². The fourth-order valence-electron chi connectivity index (χ4n) is 7.18. The predicted octanol–water partition coefficient (Wildman–Crippen LogP) is 7.09. The molecule has 326 valence electrons. The maximum Gasteiger partial charge on any atom is 0.306 e. The fourth-order valence-corrected chi connectivity index (χ4v) is 7.56. The van der Waals surface area contributed by atoms with Crippen LogP contribution in [0.15, 0.2) is 60.7 Å². The highest BCUT2D eigenvalue weighted by molar-refractivity contribution is 7.89. The Morgan fingerprint density at radius 1 is 0.759 bits per heavy atom. The molecule has 2 aromatic carbocycles. The van der Waals surface area contributed by atoms with Crippen molar-refractivity contribution in [2.75, 3.05) is 6.61 Å². The van der Waals surface area contributed by atoms with Crippen LogP contribution in [0.3, 0.4) is 0 Å². The first-order valence-corrected chi connectivity index (χ1v) is 22.0. The smallest absolute Gasteiger partial charge is 0.306 e. The topological polar surface area (TPSA) is 182 Å². The molecule has 1 heterocycles. The molecule has 58 heavy (non-hydrogen) atoms. The molecule has 1 fully saturated rings. The van der Waals surface area contributed by atoms with E-state index in [0.717, 1.165) is 69.8 Å². The zero-order valence-corrected chi connectivity index (χ0v) is 35.0. The number of benzene rings is 2. The van der Waals surface area contributed by atoms with Gasteiger partial charge in [-0.2, -0.15) is 0 Å². The Bertz CT molecular complexity index is 1370. The molecule has 0 aromatic heterocycles. The lowest BCUT2D eigenvalue weighted by Crippen LogP contribution is -2.65. The molecule has 2 aromatic rings. The summed E-state index contributed by atoms with van der Waals surface area (Å²) in [5, 5.41) is 37.6. The normalized spacial score (nSPS) is 19.7. The van der Waals surface area contributed by atoms with Crippen LogP contribution in [0.2, 0.25) is 0 Å². The van der Waals surface area contributed by atoms with Crippen molar-refractivity contribution in [3.63, 3.8) is 0 Å². The molecule has 14 heteroatoms. The Morgan fingerprint density at radius 2 is 1.34 bits per heavy atom. The molecule has 1 amide bonds. The first-order chi connectivity index (χ1) is 28.3. The minimum atomic E-state index is -1.71. The Balaban J connectivity index is 1.59. The average Bonchev–Trinajstić information content (AvgIpc) is 3.23. The number of carbonyl (C=O) groups is 3. The van der Waals surface area contributed by atoms with E-state index in [-0.39, 0.29) is 31.6 Å². The molecule has 0 spiro atoms. The number of esters is 2. The van der Waals surface area contributed by atoms with Crippen LogP contribution in [0.25, 0.3) is 0 Å². The van der Waals surface area contributed by atoms with Crippen LogP contribution in [0.5, 0.6) is 0 Å². The summed E-state index contributed by atoms with van der Waals surface area (Å²) in [5.74, 6) is -1.60. The minimum Gasteiger partial charge on any atom is -0.691 e. The van der Waals surface area contributed by atoms with Crippen molar-refractivity contribution in [3.05, 3.63) is 71.8 Å². The Kier molecular flexibility index (Phi) is 26.2. The number of ether oxygens (including phenoxy) is 3. The predicted molar refractivity (Wildman–Crippen MR) is 218 cm³/mol. The lowest BCUT2D eigenvalue weighted by atomic mass is 9.96. The van der Waals surface area contributed by atoms with Crippen molar-refractivity contribution in [1.29, 1.82) is 0 Å². The molecule has 0 bridgehead atoms. The maximum atomic E-state index is 13.6. The quantitative estimate of drug-likeness (QED) is 0.0224. The number of unbranched alkanes of at least 4 members (excludes halogenated alkanes) is 13. The molecule has 3 N–H and O–H groups in total.